The van der Waals surface area contributed by atoms with E-state index in [-0.39, 0.29) is 0 Å². The molecule has 0 fully saturated rings. The van der Waals surface area contributed by atoms with Gasteiger partial charge in [-0.05, 0) is 28.4 Å². The molecule has 0 aliphatic heterocycles. The van der Waals surface area contributed by atoms with E-state index in [1.54, 1.807) is 7.11 Å². The summed E-state index contributed by atoms with van der Waals surface area (Å²) in [7, 11) is 3.67. The van der Waals surface area contributed by atoms with Gasteiger partial charge in [-0.15, -0.1) is 0 Å². The summed E-state index contributed by atoms with van der Waals surface area (Å²) in [5.41, 5.74) is 3.25. The van der Waals surface area contributed by atoms with E-state index in [1.807, 2.05) is 28.7 Å². The number of hydrogen-bond acceptors (Lipinski definition) is 4. The standard InChI is InChI=1S/C14H22BrN5O/c1-4-12-14(15)13(19(2)18-12)10-20-7-5-11(17-20)9-16-6-8-21-3/h5,7,16H,4,6,8-10H2,1-3H3. The van der Waals surface area contributed by atoms with Crippen LogP contribution in [0.25, 0.3) is 0 Å². The molecule has 0 saturated heterocycles. The van der Waals surface area contributed by atoms with Crippen molar-refractivity contribution in [3.05, 3.63) is 33.8 Å². The Hall–Kier alpha value is -1.18. The lowest BCUT2D eigenvalue weighted by Gasteiger charge is -2.04. The fourth-order valence-corrected chi connectivity index (χ4v) is 2.86. The first-order valence-electron chi connectivity index (χ1n) is 7.08. The van der Waals surface area contributed by atoms with Gasteiger partial charge in [0.25, 0.3) is 0 Å². The summed E-state index contributed by atoms with van der Waals surface area (Å²) in [6.45, 7) is 5.11. The fraction of sp³-hybridized carbons (Fsp3) is 0.571. The Morgan fingerprint density at radius 2 is 2.19 bits per heavy atom. The highest BCUT2D eigenvalue weighted by Crippen LogP contribution is 2.22. The third-order valence-corrected chi connectivity index (χ3v) is 4.22. The molecule has 2 rings (SSSR count). The predicted octanol–water partition coefficient (Wildman–Crippen LogP) is 1.73. The maximum atomic E-state index is 5.00. The molecule has 2 heterocycles. The van der Waals surface area contributed by atoms with E-state index in [0.29, 0.717) is 13.2 Å². The average molecular weight is 356 g/mol. The first kappa shape index (κ1) is 16.2. The second kappa shape index (κ2) is 7.72. The first-order valence-corrected chi connectivity index (χ1v) is 7.87. The number of nitrogens with one attached hydrogen (secondary N) is 1. The van der Waals surface area contributed by atoms with Crippen LogP contribution in [0.5, 0.6) is 0 Å². The van der Waals surface area contributed by atoms with Crippen LogP contribution < -0.4 is 5.32 Å². The molecule has 0 unspecified atom stereocenters. The van der Waals surface area contributed by atoms with Gasteiger partial charge in [0.1, 0.15) is 0 Å². The molecule has 7 heteroatoms. The number of aromatic nitrogens is 4. The molecule has 0 radical (unpaired) electrons. The molecule has 0 aliphatic rings. The lowest BCUT2D eigenvalue weighted by molar-refractivity contribution is 0.199. The Kier molecular flexibility index (Phi) is 5.96. The summed E-state index contributed by atoms with van der Waals surface area (Å²) in [6.07, 6.45) is 2.92. The Morgan fingerprint density at radius 3 is 2.86 bits per heavy atom. The van der Waals surface area contributed by atoms with E-state index in [0.717, 1.165) is 41.1 Å². The van der Waals surface area contributed by atoms with Crippen molar-refractivity contribution in [3.8, 4) is 0 Å². The van der Waals surface area contributed by atoms with Crippen molar-refractivity contribution in [2.24, 2.45) is 7.05 Å². The van der Waals surface area contributed by atoms with Crippen LogP contribution in [0.1, 0.15) is 24.0 Å². The molecule has 6 nitrogen and oxygen atoms in total. The molecular formula is C14H22BrN5O. The lowest BCUT2D eigenvalue weighted by Crippen LogP contribution is -2.19. The monoisotopic (exact) mass is 355 g/mol. The number of ether oxygens (including phenoxy) is 1. The van der Waals surface area contributed by atoms with Crippen molar-refractivity contribution in [1.82, 2.24) is 24.9 Å². The van der Waals surface area contributed by atoms with Gasteiger partial charge in [-0.25, -0.2) is 0 Å². The lowest BCUT2D eigenvalue weighted by atomic mass is 10.3. The minimum atomic E-state index is 0.710. The molecule has 0 bridgehead atoms. The minimum Gasteiger partial charge on any atom is -0.383 e. The third-order valence-electron chi connectivity index (χ3n) is 3.30. The van der Waals surface area contributed by atoms with Crippen LogP contribution in [0.2, 0.25) is 0 Å². The molecule has 0 amide bonds. The topological polar surface area (TPSA) is 56.9 Å². The van der Waals surface area contributed by atoms with E-state index in [1.165, 1.54) is 0 Å². The van der Waals surface area contributed by atoms with Gasteiger partial charge in [0.2, 0.25) is 0 Å². The molecule has 2 aromatic rings. The van der Waals surface area contributed by atoms with Crippen LogP contribution in [0.4, 0.5) is 0 Å². The van der Waals surface area contributed by atoms with Crippen molar-refractivity contribution in [1.29, 1.82) is 0 Å². The van der Waals surface area contributed by atoms with Gasteiger partial charge in [-0.1, -0.05) is 6.92 Å². The van der Waals surface area contributed by atoms with E-state index in [9.17, 15) is 0 Å². The zero-order valence-electron chi connectivity index (χ0n) is 12.8. The number of aryl methyl sites for hydroxylation is 2. The van der Waals surface area contributed by atoms with E-state index >= 15 is 0 Å². The van der Waals surface area contributed by atoms with Crippen LogP contribution in [0.3, 0.4) is 0 Å². The quantitative estimate of drug-likeness (QED) is 0.732. The van der Waals surface area contributed by atoms with Crippen molar-refractivity contribution >= 4 is 15.9 Å². The minimum absolute atomic E-state index is 0.710. The van der Waals surface area contributed by atoms with Crippen molar-refractivity contribution in [2.75, 3.05) is 20.3 Å². The maximum Gasteiger partial charge on any atom is 0.0839 e. The molecule has 2 aromatic heterocycles. The molecule has 21 heavy (non-hydrogen) atoms. The normalized spacial score (nSPS) is 11.2. The van der Waals surface area contributed by atoms with E-state index in [2.05, 4.69) is 38.4 Å². The molecule has 0 aliphatic carbocycles. The van der Waals surface area contributed by atoms with Gasteiger partial charge in [-0.2, -0.15) is 10.2 Å². The van der Waals surface area contributed by atoms with E-state index in [4.69, 9.17) is 4.74 Å². The van der Waals surface area contributed by atoms with Gasteiger partial charge in [0.15, 0.2) is 0 Å². The smallest absolute Gasteiger partial charge is 0.0839 e. The van der Waals surface area contributed by atoms with Crippen molar-refractivity contribution in [2.45, 2.75) is 26.4 Å². The van der Waals surface area contributed by atoms with Crippen LogP contribution in [0.15, 0.2) is 16.7 Å². The summed E-state index contributed by atoms with van der Waals surface area (Å²) in [6, 6.07) is 2.03. The predicted molar refractivity (Wildman–Crippen MR) is 85.2 cm³/mol. The second-order valence-corrected chi connectivity index (χ2v) is 5.65. The average Bonchev–Trinajstić information content (AvgIpc) is 3.03. The molecule has 0 saturated carbocycles. The Bertz CT molecular complexity index is 578. The summed E-state index contributed by atoms with van der Waals surface area (Å²) >= 11 is 3.64. The Labute approximate surface area is 133 Å². The number of rotatable bonds is 8. The van der Waals surface area contributed by atoms with Gasteiger partial charge in [0.05, 0.1) is 34.7 Å². The summed E-state index contributed by atoms with van der Waals surface area (Å²) in [5, 5.41) is 12.4. The molecule has 116 valence electrons. The highest BCUT2D eigenvalue weighted by molar-refractivity contribution is 9.10. The number of nitrogens with zero attached hydrogens (tertiary/aromatic N) is 4. The summed E-state index contributed by atoms with van der Waals surface area (Å²) in [4.78, 5) is 0. The largest absolute Gasteiger partial charge is 0.383 e. The third kappa shape index (κ3) is 4.15. The number of hydrogen-bond donors (Lipinski definition) is 1. The van der Waals surface area contributed by atoms with Gasteiger partial charge in [0, 0.05) is 33.4 Å². The molecule has 1 N–H and O–H groups in total. The van der Waals surface area contributed by atoms with Crippen LogP contribution >= 0.6 is 15.9 Å². The van der Waals surface area contributed by atoms with E-state index < -0.39 is 0 Å². The van der Waals surface area contributed by atoms with Crippen molar-refractivity contribution < 1.29 is 4.74 Å². The summed E-state index contributed by atoms with van der Waals surface area (Å²) in [5.74, 6) is 0. The molecule has 0 spiro atoms. The Balaban J connectivity index is 1.98. The number of methoxy groups -OCH3 is 1. The SMILES string of the molecule is CCc1nn(C)c(Cn2ccc(CNCCOC)n2)c1Br. The second-order valence-electron chi connectivity index (χ2n) is 4.86. The van der Waals surface area contributed by atoms with Crippen LogP contribution in [0, 0.1) is 0 Å². The highest BCUT2D eigenvalue weighted by atomic mass is 79.9. The van der Waals surface area contributed by atoms with Gasteiger partial charge in [-0.3, -0.25) is 9.36 Å². The molecular weight excluding hydrogens is 334 g/mol. The Morgan fingerprint density at radius 1 is 1.38 bits per heavy atom. The zero-order chi connectivity index (χ0) is 15.2. The van der Waals surface area contributed by atoms with Crippen molar-refractivity contribution in [3.63, 3.8) is 0 Å². The van der Waals surface area contributed by atoms with Gasteiger partial charge >= 0.3 is 0 Å². The maximum absolute atomic E-state index is 5.00. The van der Waals surface area contributed by atoms with Crippen LogP contribution in [-0.2, 0) is 31.3 Å². The highest BCUT2D eigenvalue weighted by Gasteiger charge is 2.13. The van der Waals surface area contributed by atoms with Crippen LogP contribution in [-0.4, -0.2) is 39.8 Å². The van der Waals surface area contributed by atoms with Gasteiger partial charge < -0.3 is 10.1 Å². The molecule has 0 atom stereocenters. The number of halogens is 1. The summed E-state index contributed by atoms with van der Waals surface area (Å²) < 4.78 is 9.94. The zero-order valence-corrected chi connectivity index (χ0v) is 14.4. The molecule has 0 aromatic carbocycles. The first-order chi connectivity index (χ1) is 10.2. The fourth-order valence-electron chi connectivity index (χ4n) is 2.12.